The third kappa shape index (κ3) is 2.65. The first-order chi connectivity index (χ1) is 11.8. The van der Waals surface area contributed by atoms with Gasteiger partial charge < -0.3 is 4.52 Å². The molecule has 0 unspecified atom stereocenters. The minimum atomic E-state index is 0.345. The highest BCUT2D eigenvalue weighted by molar-refractivity contribution is 7.98. The van der Waals surface area contributed by atoms with Crippen molar-refractivity contribution in [2.24, 2.45) is 0 Å². The Hall–Kier alpha value is -2.72. The predicted molar refractivity (Wildman–Crippen MR) is 89.2 cm³/mol. The number of pyridine rings is 2. The van der Waals surface area contributed by atoms with Crippen LogP contribution in [0.25, 0.3) is 22.8 Å². The van der Waals surface area contributed by atoms with E-state index in [0.29, 0.717) is 33.8 Å². The lowest BCUT2D eigenvalue weighted by atomic mass is 10.1. The molecule has 0 aromatic carbocycles. The SMILES string of the molecule is CSc1nc(C2CC2)cc(-c2nc(-c3ccncc3)no2)c1C#N. The van der Waals surface area contributed by atoms with Crippen LogP contribution in [-0.2, 0) is 0 Å². The van der Waals surface area contributed by atoms with Gasteiger partial charge in [0.1, 0.15) is 11.1 Å². The molecule has 0 bridgehead atoms. The largest absolute Gasteiger partial charge is 0.334 e. The summed E-state index contributed by atoms with van der Waals surface area (Å²) in [6.07, 6.45) is 7.54. The summed E-state index contributed by atoms with van der Waals surface area (Å²) in [6, 6.07) is 7.77. The van der Waals surface area contributed by atoms with Crippen molar-refractivity contribution >= 4 is 11.8 Å². The molecule has 0 radical (unpaired) electrons. The summed E-state index contributed by atoms with van der Waals surface area (Å²) in [5.74, 6) is 1.30. The van der Waals surface area contributed by atoms with Gasteiger partial charge in [-0.25, -0.2) is 4.98 Å². The lowest BCUT2D eigenvalue weighted by Crippen LogP contribution is -1.97. The van der Waals surface area contributed by atoms with Gasteiger partial charge in [-0.3, -0.25) is 4.98 Å². The monoisotopic (exact) mass is 335 g/mol. The van der Waals surface area contributed by atoms with Crippen LogP contribution in [-0.4, -0.2) is 26.4 Å². The van der Waals surface area contributed by atoms with Crippen LogP contribution in [0.3, 0.4) is 0 Å². The molecule has 0 N–H and O–H groups in total. The first-order valence-electron chi connectivity index (χ1n) is 7.53. The van der Waals surface area contributed by atoms with Gasteiger partial charge in [-0.1, -0.05) is 5.16 Å². The molecule has 3 heterocycles. The Kier molecular flexibility index (Phi) is 3.75. The second-order valence-electron chi connectivity index (χ2n) is 5.52. The molecule has 0 spiro atoms. The Labute approximate surface area is 143 Å². The molecule has 0 saturated heterocycles. The van der Waals surface area contributed by atoms with Crippen LogP contribution in [0, 0.1) is 11.3 Å². The molecule has 3 aromatic heterocycles. The average molecular weight is 335 g/mol. The summed E-state index contributed by atoms with van der Waals surface area (Å²) in [7, 11) is 0. The molecular formula is C17H13N5OS. The number of hydrogen-bond donors (Lipinski definition) is 0. The van der Waals surface area contributed by atoms with Gasteiger partial charge in [0, 0.05) is 29.6 Å². The number of nitriles is 1. The van der Waals surface area contributed by atoms with Crippen molar-refractivity contribution < 1.29 is 4.52 Å². The normalized spacial score (nSPS) is 13.7. The Morgan fingerprint density at radius 3 is 2.71 bits per heavy atom. The van der Waals surface area contributed by atoms with Gasteiger partial charge in [0.25, 0.3) is 5.89 Å². The highest BCUT2D eigenvalue weighted by Crippen LogP contribution is 2.42. The van der Waals surface area contributed by atoms with Crippen molar-refractivity contribution in [2.75, 3.05) is 6.26 Å². The smallest absolute Gasteiger partial charge is 0.259 e. The molecule has 0 amide bonds. The van der Waals surface area contributed by atoms with Crippen LogP contribution in [0.2, 0.25) is 0 Å². The average Bonchev–Trinajstić information content (AvgIpc) is 3.38. The third-order valence-corrected chi connectivity index (χ3v) is 4.58. The fraction of sp³-hybridized carbons (Fsp3) is 0.235. The molecule has 6 nitrogen and oxygen atoms in total. The van der Waals surface area contributed by atoms with E-state index in [1.165, 1.54) is 11.8 Å². The quantitative estimate of drug-likeness (QED) is 0.672. The molecule has 118 valence electrons. The molecule has 3 aromatic rings. The van der Waals surface area contributed by atoms with Crippen LogP contribution in [0.1, 0.15) is 30.0 Å². The highest BCUT2D eigenvalue weighted by Gasteiger charge is 2.28. The maximum absolute atomic E-state index is 9.56. The van der Waals surface area contributed by atoms with E-state index in [9.17, 15) is 5.26 Å². The van der Waals surface area contributed by atoms with Gasteiger partial charge in [0.05, 0.1) is 11.1 Å². The number of nitrogens with zero attached hydrogens (tertiary/aromatic N) is 5. The molecule has 0 aliphatic heterocycles. The van der Waals surface area contributed by atoms with Crippen molar-refractivity contribution in [3.63, 3.8) is 0 Å². The molecule has 1 aliphatic rings. The van der Waals surface area contributed by atoms with Gasteiger partial charge in [-0.15, -0.1) is 11.8 Å². The molecule has 0 atom stereocenters. The van der Waals surface area contributed by atoms with E-state index in [0.717, 1.165) is 24.1 Å². The van der Waals surface area contributed by atoms with E-state index in [2.05, 4.69) is 26.2 Å². The van der Waals surface area contributed by atoms with Gasteiger partial charge in [-0.05, 0) is 37.3 Å². The van der Waals surface area contributed by atoms with E-state index < -0.39 is 0 Å². The molecular weight excluding hydrogens is 322 g/mol. The van der Waals surface area contributed by atoms with Crippen molar-refractivity contribution in [1.82, 2.24) is 20.1 Å². The van der Waals surface area contributed by atoms with Crippen LogP contribution in [0.5, 0.6) is 0 Å². The zero-order valence-electron chi connectivity index (χ0n) is 12.9. The zero-order chi connectivity index (χ0) is 16.5. The number of aromatic nitrogens is 4. The topological polar surface area (TPSA) is 88.5 Å². The second kappa shape index (κ2) is 6.06. The fourth-order valence-electron chi connectivity index (χ4n) is 2.50. The van der Waals surface area contributed by atoms with Crippen molar-refractivity contribution in [3.8, 4) is 28.9 Å². The van der Waals surface area contributed by atoms with Gasteiger partial charge in [0.15, 0.2) is 0 Å². The molecule has 1 fully saturated rings. The summed E-state index contributed by atoms with van der Waals surface area (Å²) < 4.78 is 5.43. The van der Waals surface area contributed by atoms with E-state index in [-0.39, 0.29) is 0 Å². The number of rotatable bonds is 4. The molecule has 7 heteroatoms. The third-order valence-electron chi connectivity index (χ3n) is 3.90. The molecule has 24 heavy (non-hydrogen) atoms. The van der Waals surface area contributed by atoms with Crippen LogP contribution < -0.4 is 0 Å². The van der Waals surface area contributed by atoms with E-state index in [1.807, 2.05) is 24.5 Å². The van der Waals surface area contributed by atoms with E-state index in [1.54, 1.807) is 12.4 Å². The summed E-state index contributed by atoms with van der Waals surface area (Å²) in [4.78, 5) is 13.1. The summed E-state index contributed by atoms with van der Waals surface area (Å²) >= 11 is 1.46. The van der Waals surface area contributed by atoms with Crippen LogP contribution in [0.15, 0.2) is 40.1 Å². The standard InChI is InChI=1S/C17H13N5OS/c1-24-17-13(9-18)12(8-14(20-17)10-2-3-10)16-21-15(22-23-16)11-4-6-19-7-5-11/h4-8,10H,2-3H2,1H3. The summed E-state index contributed by atoms with van der Waals surface area (Å²) in [5.41, 5.74) is 2.96. The van der Waals surface area contributed by atoms with Gasteiger partial charge in [-0.2, -0.15) is 10.2 Å². The second-order valence-corrected chi connectivity index (χ2v) is 6.32. The number of thioether (sulfide) groups is 1. The summed E-state index contributed by atoms with van der Waals surface area (Å²) in [6.45, 7) is 0. The molecule has 1 saturated carbocycles. The maximum atomic E-state index is 9.56. The van der Waals surface area contributed by atoms with Crippen LogP contribution in [0.4, 0.5) is 0 Å². The predicted octanol–water partition coefficient (Wildman–Crippen LogP) is 3.66. The maximum Gasteiger partial charge on any atom is 0.259 e. The first kappa shape index (κ1) is 14.8. The van der Waals surface area contributed by atoms with Crippen LogP contribution >= 0.6 is 11.8 Å². The van der Waals surface area contributed by atoms with E-state index >= 15 is 0 Å². The fourth-order valence-corrected chi connectivity index (χ4v) is 3.06. The molecule has 1 aliphatic carbocycles. The van der Waals surface area contributed by atoms with Gasteiger partial charge in [0.2, 0.25) is 5.82 Å². The van der Waals surface area contributed by atoms with E-state index in [4.69, 9.17) is 4.52 Å². The Balaban J connectivity index is 1.83. The lowest BCUT2D eigenvalue weighted by Gasteiger charge is -2.07. The van der Waals surface area contributed by atoms with Gasteiger partial charge >= 0.3 is 0 Å². The minimum absolute atomic E-state index is 0.345. The Morgan fingerprint density at radius 1 is 1.25 bits per heavy atom. The van der Waals surface area contributed by atoms with Crippen molar-refractivity contribution in [1.29, 1.82) is 5.26 Å². The zero-order valence-corrected chi connectivity index (χ0v) is 13.7. The molecule has 4 rings (SSSR count). The van der Waals surface area contributed by atoms with Crippen molar-refractivity contribution in [3.05, 3.63) is 41.9 Å². The minimum Gasteiger partial charge on any atom is -0.334 e. The first-order valence-corrected chi connectivity index (χ1v) is 8.76. The summed E-state index contributed by atoms with van der Waals surface area (Å²) in [5, 5.41) is 14.3. The Bertz CT molecular complexity index is 928. The highest BCUT2D eigenvalue weighted by atomic mass is 32.2. The number of hydrogen-bond acceptors (Lipinski definition) is 7. The lowest BCUT2D eigenvalue weighted by molar-refractivity contribution is 0.432. The Morgan fingerprint density at radius 2 is 2.04 bits per heavy atom. The van der Waals surface area contributed by atoms with Crippen molar-refractivity contribution in [2.45, 2.75) is 23.8 Å².